The van der Waals surface area contributed by atoms with Crippen molar-refractivity contribution in [3.63, 3.8) is 0 Å². The summed E-state index contributed by atoms with van der Waals surface area (Å²) in [6, 6.07) is 5.36. The molecule has 0 atom stereocenters. The minimum Gasteiger partial charge on any atom is -0.497 e. The molecule has 2 aliphatic rings. The zero-order valence-corrected chi connectivity index (χ0v) is 16.5. The third-order valence-electron chi connectivity index (χ3n) is 4.79. The van der Waals surface area contributed by atoms with Crippen molar-refractivity contribution < 1.29 is 19.1 Å². The van der Waals surface area contributed by atoms with Crippen LogP contribution in [-0.4, -0.2) is 92.7 Å². The maximum atomic E-state index is 12.8. The van der Waals surface area contributed by atoms with Gasteiger partial charge in [-0.2, -0.15) is 0 Å². The highest BCUT2D eigenvalue weighted by atomic mass is 79.9. The number of ether oxygens (including phenoxy) is 2. The molecule has 2 aliphatic heterocycles. The van der Waals surface area contributed by atoms with E-state index in [0.717, 1.165) is 17.6 Å². The van der Waals surface area contributed by atoms with Crippen LogP contribution >= 0.6 is 15.9 Å². The zero-order valence-electron chi connectivity index (χ0n) is 14.9. The Morgan fingerprint density at radius 3 is 2.38 bits per heavy atom. The van der Waals surface area contributed by atoms with Gasteiger partial charge in [0.15, 0.2) is 0 Å². The van der Waals surface area contributed by atoms with Crippen LogP contribution in [0.25, 0.3) is 0 Å². The lowest BCUT2D eigenvalue weighted by atomic mass is 10.1. The molecule has 0 aliphatic carbocycles. The SMILES string of the molecule is COc1ccc(Br)c(C(=O)N2CCN(C(=O)CN3CCOCC3)CC2)c1. The fourth-order valence-corrected chi connectivity index (χ4v) is 3.59. The standard InChI is InChI=1S/C18H24BrN3O4/c1-25-14-2-3-16(19)15(12-14)18(24)22-6-4-21(5-7-22)17(23)13-20-8-10-26-11-9-20/h2-3,12H,4-11,13H2,1H3. The van der Waals surface area contributed by atoms with Crippen molar-refractivity contribution in [1.82, 2.24) is 14.7 Å². The maximum Gasteiger partial charge on any atom is 0.255 e. The normalized spacial score (nSPS) is 18.7. The first-order valence-electron chi connectivity index (χ1n) is 8.79. The molecular formula is C18H24BrN3O4. The van der Waals surface area contributed by atoms with Gasteiger partial charge in [-0.25, -0.2) is 0 Å². The van der Waals surface area contributed by atoms with Crippen LogP contribution in [-0.2, 0) is 9.53 Å². The van der Waals surface area contributed by atoms with Crippen molar-refractivity contribution in [3.8, 4) is 5.75 Å². The number of amides is 2. The van der Waals surface area contributed by atoms with Crippen molar-refractivity contribution in [3.05, 3.63) is 28.2 Å². The second-order valence-corrected chi connectivity index (χ2v) is 7.26. The number of halogens is 1. The predicted octanol–water partition coefficient (Wildman–Crippen LogP) is 1.07. The summed E-state index contributed by atoms with van der Waals surface area (Å²) in [5.74, 6) is 0.730. The van der Waals surface area contributed by atoms with Crippen molar-refractivity contribution in [2.45, 2.75) is 0 Å². The van der Waals surface area contributed by atoms with Gasteiger partial charge in [-0.15, -0.1) is 0 Å². The van der Waals surface area contributed by atoms with Crippen LogP contribution in [0.15, 0.2) is 22.7 Å². The topological polar surface area (TPSA) is 62.3 Å². The fourth-order valence-electron chi connectivity index (χ4n) is 3.18. The van der Waals surface area contributed by atoms with Crippen LogP contribution in [0.1, 0.15) is 10.4 Å². The van der Waals surface area contributed by atoms with Crippen molar-refractivity contribution in [2.75, 3.05) is 66.1 Å². The fraction of sp³-hybridized carbons (Fsp3) is 0.556. The van der Waals surface area contributed by atoms with E-state index in [1.165, 1.54) is 0 Å². The quantitative estimate of drug-likeness (QED) is 0.721. The minimum absolute atomic E-state index is 0.0453. The molecule has 0 radical (unpaired) electrons. The van der Waals surface area contributed by atoms with E-state index in [1.54, 1.807) is 18.1 Å². The van der Waals surface area contributed by atoms with E-state index in [9.17, 15) is 9.59 Å². The summed E-state index contributed by atoms with van der Waals surface area (Å²) in [5, 5.41) is 0. The van der Waals surface area contributed by atoms with E-state index in [-0.39, 0.29) is 11.8 Å². The van der Waals surface area contributed by atoms with Gasteiger partial charge in [-0.1, -0.05) is 0 Å². The first kappa shape index (κ1) is 19.1. The number of hydrogen-bond donors (Lipinski definition) is 0. The number of piperazine rings is 1. The Balaban J connectivity index is 1.54. The van der Waals surface area contributed by atoms with Crippen LogP contribution in [0.2, 0.25) is 0 Å². The second kappa shape index (κ2) is 8.83. The Morgan fingerprint density at radius 2 is 1.73 bits per heavy atom. The molecule has 142 valence electrons. The predicted molar refractivity (Wildman–Crippen MR) is 100 cm³/mol. The lowest BCUT2D eigenvalue weighted by Gasteiger charge is -2.36. The number of carbonyl (C=O) groups excluding carboxylic acids is 2. The summed E-state index contributed by atoms with van der Waals surface area (Å²) in [5.41, 5.74) is 0.581. The first-order chi connectivity index (χ1) is 12.6. The number of nitrogens with zero attached hydrogens (tertiary/aromatic N) is 3. The zero-order chi connectivity index (χ0) is 18.5. The highest BCUT2D eigenvalue weighted by Crippen LogP contribution is 2.24. The van der Waals surface area contributed by atoms with Crippen molar-refractivity contribution >= 4 is 27.7 Å². The highest BCUT2D eigenvalue weighted by molar-refractivity contribution is 9.10. The molecule has 0 saturated carbocycles. The van der Waals surface area contributed by atoms with E-state index in [0.29, 0.717) is 57.3 Å². The van der Waals surface area contributed by atoms with Gasteiger partial charge in [-0.3, -0.25) is 14.5 Å². The smallest absolute Gasteiger partial charge is 0.255 e. The first-order valence-corrected chi connectivity index (χ1v) is 9.58. The molecule has 1 aromatic carbocycles. The average molecular weight is 426 g/mol. The molecule has 1 aromatic rings. The number of hydrogen-bond acceptors (Lipinski definition) is 5. The van der Waals surface area contributed by atoms with Crippen LogP contribution in [0.4, 0.5) is 0 Å². The van der Waals surface area contributed by atoms with E-state index >= 15 is 0 Å². The summed E-state index contributed by atoms with van der Waals surface area (Å²) in [6.07, 6.45) is 0. The molecule has 0 spiro atoms. The lowest BCUT2D eigenvalue weighted by Crippen LogP contribution is -2.53. The Hall–Kier alpha value is -1.64. The van der Waals surface area contributed by atoms with Gasteiger partial charge < -0.3 is 19.3 Å². The van der Waals surface area contributed by atoms with Gasteiger partial charge >= 0.3 is 0 Å². The van der Waals surface area contributed by atoms with E-state index in [2.05, 4.69) is 20.8 Å². The average Bonchev–Trinajstić information content (AvgIpc) is 2.69. The third kappa shape index (κ3) is 4.55. The van der Waals surface area contributed by atoms with Crippen molar-refractivity contribution in [1.29, 1.82) is 0 Å². The molecule has 2 fully saturated rings. The number of morpholine rings is 1. The molecule has 0 unspecified atom stereocenters. The van der Waals surface area contributed by atoms with Gasteiger partial charge in [0.25, 0.3) is 5.91 Å². The summed E-state index contributed by atoms with van der Waals surface area (Å²) >= 11 is 3.43. The van der Waals surface area contributed by atoms with Gasteiger partial charge in [0.2, 0.25) is 5.91 Å². The van der Waals surface area contributed by atoms with E-state index in [4.69, 9.17) is 9.47 Å². The molecule has 2 saturated heterocycles. The summed E-state index contributed by atoms with van der Waals surface area (Å²) < 4.78 is 11.3. The van der Waals surface area contributed by atoms with Crippen LogP contribution in [0.5, 0.6) is 5.75 Å². The Labute approximate surface area is 161 Å². The van der Waals surface area contributed by atoms with Crippen molar-refractivity contribution in [2.24, 2.45) is 0 Å². The molecule has 8 heteroatoms. The van der Waals surface area contributed by atoms with E-state index < -0.39 is 0 Å². The Morgan fingerprint density at radius 1 is 1.08 bits per heavy atom. The third-order valence-corrected chi connectivity index (χ3v) is 5.48. The van der Waals surface area contributed by atoms with Gasteiger partial charge in [0.1, 0.15) is 5.75 Å². The van der Waals surface area contributed by atoms with Crippen LogP contribution in [0.3, 0.4) is 0 Å². The number of carbonyl (C=O) groups is 2. The van der Waals surface area contributed by atoms with Crippen LogP contribution < -0.4 is 4.74 Å². The van der Waals surface area contributed by atoms with E-state index in [1.807, 2.05) is 17.0 Å². The lowest BCUT2D eigenvalue weighted by molar-refractivity contribution is -0.134. The molecule has 3 rings (SSSR count). The molecule has 0 aromatic heterocycles. The number of methoxy groups -OCH3 is 1. The summed E-state index contributed by atoms with van der Waals surface area (Å²) in [4.78, 5) is 31.0. The number of benzene rings is 1. The second-order valence-electron chi connectivity index (χ2n) is 6.41. The largest absolute Gasteiger partial charge is 0.497 e. The number of rotatable bonds is 4. The van der Waals surface area contributed by atoms with Gasteiger partial charge in [0.05, 0.1) is 32.4 Å². The molecule has 2 heterocycles. The van der Waals surface area contributed by atoms with Crippen LogP contribution in [0, 0.1) is 0 Å². The summed E-state index contributed by atoms with van der Waals surface area (Å²) in [7, 11) is 1.58. The molecule has 7 nitrogen and oxygen atoms in total. The summed E-state index contributed by atoms with van der Waals surface area (Å²) in [6.45, 7) is 5.61. The molecule has 2 amide bonds. The monoisotopic (exact) mass is 425 g/mol. The Kier molecular flexibility index (Phi) is 6.50. The minimum atomic E-state index is -0.0453. The maximum absolute atomic E-state index is 12.8. The highest BCUT2D eigenvalue weighted by Gasteiger charge is 2.27. The van der Waals surface area contributed by atoms with Gasteiger partial charge in [-0.05, 0) is 34.1 Å². The molecule has 0 bridgehead atoms. The van der Waals surface area contributed by atoms with Gasteiger partial charge in [0, 0.05) is 43.7 Å². The molecule has 26 heavy (non-hydrogen) atoms. The Bertz CT molecular complexity index is 656. The molecule has 0 N–H and O–H groups in total. The molecular weight excluding hydrogens is 402 g/mol.